The molecule has 0 bridgehead atoms. The van der Waals surface area contributed by atoms with Crippen molar-refractivity contribution < 1.29 is 0 Å². The van der Waals surface area contributed by atoms with Gasteiger partial charge in [-0.15, -0.1) is 11.3 Å². The number of hydrogen-bond donors (Lipinski definition) is 1. The molecule has 2 aromatic heterocycles. The van der Waals surface area contributed by atoms with Crippen LogP contribution in [0.3, 0.4) is 0 Å². The van der Waals surface area contributed by atoms with Crippen LogP contribution in [0.5, 0.6) is 0 Å². The summed E-state index contributed by atoms with van der Waals surface area (Å²) in [4.78, 5) is 1.15. The highest BCUT2D eigenvalue weighted by molar-refractivity contribution is 9.11. The summed E-state index contributed by atoms with van der Waals surface area (Å²) in [6, 6.07) is 9.60. The first kappa shape index (κ1) is 14.6. The van der Waals surface area contributed by atoms with E-state index in [1.54, 1.807) is 17.4 Å². The lowest BCUT2D eigenvalue weighted by atomic mass is 10.2. The molecule has 0 fully saturated rings. The Morgan fingerprint density at radius 3 is 2.64 bits per heavy atom. The van der Waals surface area contributed by atoms with Crippen molar-refractivity contribution >= 4 is 56.3 Å². The van der Waals surface area contributed by atoms with Crippen LogP contribution < -0.4 is 5.32 Å². The van der Waals surface area contributed by atoms with E-state index in [1.807, 2.05) is 22.9 Å². The van der Waals surface area contributed by atoms with Crippen molar-refractivity contribution in [3.8, 4) is 16.3 Å². The number of nitrogens with zero attached hydrogens (tertiary/aromatic N) is 2. The molecule has 0 amide bonds. The number of benzene rings is 1. The summed E-state index contributed by atoms with van der Waals surface area (Å²) >= 11 is 17.5. The van der Waals surface area contributed by atoms with Gasteiger partial charge in [-0.1, -0.05) is 23.2 Å². The van der Waals surface area contributed by atoms with E-state index in [0.717, 1.165) is 38.8 Å². The molecule has 0 unspecified atom stereocenters. The fourth-order valence-electron chi connectivity index (χ4n) is 2.66. The zero-order valence-electron chi connectivity index (χ0n) is 11.2. The molecule has 0 saturated carbocycles. The largest absolute Gasteiger partial charge is 0.369 e. The van der Waals surface area contributed by atoms with Crippen LogP contribution in [0.1, 0.15) is 5.56 Å². The highest BCUT2D eigenvalue weighted by Crippen LogP contribution is 2.39. The van der Waals surface area contributed by atoms with Gasteiger partial charge in [0.2, 0.25) is 0 Å². The number of hydrogen-bond acceptors (Lipinski definition) is 3. The lowest BCUT2D eigenvalue weighted by molar-refractivity contribution is 0.883. The molecule has 0 atom stereocenters. The third-order valence-electron chi connectivity index (χ3n) is 3.55. The molecule has 1 aliphatic rings. The number of halogens is 3. The van der Waals surface area contributed by atoms with Crippen LogP contribution in [0.2, 0.25) is 10.0 Å². The molecule has 0 aliphatic carbocycles. The molecular weight excluding hydrogens is 405 g/mol. The van der Waals surface area contributed by atoms with E-state index in [2.05, 4.69) is 27.3 Å². The molecule has 1 aromatic carbocycles. The van der Waals surface area contributed by atoms with E-state index in [4.69, 9.17) is 28.3 Å². The third kappa shape index (κ3) is 2.46. The molecule has 7 heteroatoms. The Labute approximate surface area is 150 Å². The Balaban J connectivity index is 1.91. The Bertz CT molecular complexity index is 852. The van der Waals surface area contributed by atoms with Crippen LogP contribution >= 0.6 is 50.5 Å². The quantitative estimate of drug-likeness (QED) is 0.588. The van der Waals surface area contributed by atoms with Gasteiger partial charge in [0.1, 0.15) is 11.5 Å². The predicted molar refractivity (Wildman–Crippen MR) is 96.8 cm³/mol. The smallest absolute Gasteiger partial charge is 0.133 e. The monoisotopic (exact) mass is 413 g/mol. The second-order valence-electron chi connectivity index (χ2n) is 5.00. The number of aromatic nitrogens is 2. The van der Waals surface area contributed by atoms with Gasteiger partial charge in [0.25, 0.3) is 0 Å². The van der Waals surface area contributed by atoms with Gasteiger partial charge in [-0.05, 0) is 52.7 Å². The maximum absolute atomic E-state index is 6.13. The zero-order chi connectivity index (χ0) is 15.3. The van der Waals surface area contributed by atoms with E-state index in [0.29, 0.717) is 10.0 Å². The first-order valence-electron chi connectivity index (χ1n) is 6.70. The average molecular weight is 415 g/mol. The first-order chi connectivity index (χ1) is 10.6. The molecule has 3 nitrogen and oxygen atoms in total. The fourth-order valence-corrected chi connectivity index (χ4v) is 4.58. The number of fused-ring (bicyclic) bond motifs is 1. The molecule has 4 rings (SSSR count). The van der Waals surface area contributed by atoms with E-state index in [9.17, 15) is 0 Å². The number of nitrogens with one attached hydrogen (secondary N) is 1. The molecule has 1 N–H and O–H groups in total. The minimum atomic E-state index is 0.602. The lowest BCUT2D eigenvalue weighted by Crippen LogP contribution is -2.04. The molecule has 0 radical (unpaired) electrons. The highest BCUT2D eigenvalue weighted by Gasteiger charge is 2.24. The van der Waals surface area contributed by atoms with Crippen molar-refractivity contribution in [1.82, 2.24) is 9.78 Å². The topological polar surface area (TPSA) is 29.9 Å². The Morgan fingerprint density at radius 1 is 1.18 bits per heavy atom. The SMILES string of the molecule is Clc1cc(Cl)cc(-n2nc(-c3ccc(Br)s3)c3c2NCC3)c1. The van der Waals surface area contributed by atoms with Gasteiger partial charge in [-0.2, -0.15) is 5.10 Å². The summed E-state index contributed by atoms with van der Waals surface area (Å²) in [6.07, 6.45) is 0.967. The van der Waals surface area contributed by atoms with Gasteiger partial charge in [0.15, 0.2) is 0 Å². The van der Waals surface area contributed by atoms with Gasteiger partial charge in [0.05, 0.1) is 14.4 Å². The van der Waals surface area contributed by atoms with Crippen molar-refractivity contribution in [1.29, 1.82) is 0 Å². The zero-order valence-corrected chi connectivity index (χ0v) is 15.2. The average Bonchev–Trinajstić information content (AvgIpc) is 3.12. The number of anilines is 1. The predicted octanol–water partition coefficient (Wildman–Crippen LogP) is 5.64. The Hall–Kier alpha value is -1.01. The van der Waals surface area contributed by atoms with E-state index < -0.39 is 0 Å². The van der Waals surface area contributed by atoms with E-state index >= 15 is 0 Å². The van der Waals surface area contributed by atoms with Crippen molar-refractivity contribution in [2.75, 3.05) is 11.9 Å². The van der Waals surface area contributed by atoms with Crippen LogP contribution in [0.25, 0.3) is 16.3 Å². The van der Waals surface area contributed by atoms with Crippen molar-refractivity contribution in [2.24, 2.45) is 0 Å². The summed E-state index contributed by atoms with van der Waals surface area (Å²) in [7, 11) is 0. The molecule has 0 saturated heterocycles. The second-order valence-corrected chi connectivity index (χ2v) is 8.33. The van der Waals surface area contributed by atoms with Crippen molar-refractivity contribution in [2.45, 2.75) is 6.42 Å². The minimum absolute atomic E-state index is 0.602. The van der Waals surface area contributed by atoms with Crippen molar-refractivity contribution in [3.05, 3.63) is 49.7 Å². The lowest BCUT2D eigenvalue weighted by Gasteiger charge is -2.07. The summed E-state index contributed by atoms with van der Waals surface area (Å²) in [5.41, 5.74) is 3.13. The highest BCUT2D eigenvalue weighted by atomic mass is 79.9. The molecule has 3 heterocycles. The number of thiophene rings is 1. The van der Waals surface area contributed by atoms with Crippen LogP contribution in [0, 0.1) is 0 Å². The van der Waals surface area contributed by atoms with Crippen molar-refractivity contribution in [3.63, 3.8) is 0 Å². The van der Waals surface area contributed by atoms with E-state index in [-0.39, 0.29) is 0 Å². The second kappa shape index (κ2) is 5.57. The Kier molecular flexibility index (Phi) is 3.69. The Morgan fingerprint density at radius 2 is 1.95 bits per heavy atom. The van der Waals surface area contributed by atoms with Gasteiger partial charge in [0, 0.05) is 22.2 Å². The molecule has 0 spiro atoms. The van der Waals surface area contributed by atoms with Crippen LogP contribution in [0.4, 0.5) is 5.82 Å². The summed E-state index contributed by atoms with van der Waals surface area (Å²) in [5, 5.41) is 9.41. The fraction of sp³-hybridized carbons (Fsp3) is 0.133. The van der Waals surface area contributed by atoms with Crippen LogP contribution in [-0.4, -0.2) is 16.3 Å². The maximum atomic E-state index is 6.13. The summed E-state index contributed by atoms with van der Waals surface area (Å²) < 4.78 is 2.99. The third-order valence-corrected chi connectivity index (χ3v) is 5.62. The van der Waals surface area contributed by atoms with Gasteiger partial charge >= 0.3 is 0 Å². The maximum Gasteiger partial charge on any atom is 0.133 e. The molecule has 22 heavy (non-hydrogen) atoms. The van der Waals surface area contributed by atoms with Gasteiger partial charge < -0.3 is 5.32 Å². The van der Waals surface area contributed by atoms with Gasteiger partial charge in [-0.3, -0.25) is 0 Å². The normalized spacial score (nSPS) is 13.2. The molecular formula is C15H10BrCl2N3S. The molecule has 1 aliphatic heterocycles. The number of rotatable bonds is 2. The minimum Gasteiger partial charge on any atom is -0.369 e. The van der Waals surface area contributed by atoms with Gasteiger partial charge in [-0.25, -0.2) is 4.68 Å². The first-order valence-corrected chi connectivity index (χ1v) is 9.06. The molecule has 3 aromatic rings. The summed E-state index contributed by atoms with van der Waals surface area (Å²) in [6.45, 7) is 0.918. The standard InChI is InChI=1S/C15H10BrCl2N3S/c16-13-2-1-12(22-13)14-11-3-4-19-15(11)21(20-14)10-6-8(17)5-9(18)7-10/h1-2,5-7,19H,3-4H2. The van der Waals surface area contributed by atoms with E-state index in [1.165, 1.54) is 5.56 Å². The summed E-state index contributed by atoms with van der Waals surface area (Å²) in [5.74, 6) is 1.03. The van der Waals surface area contributed by atoms with Crippen LogP contribution in [-0.2, 0) is 6.42 Å². The van der Waals surface area contributed by atoms with Crippen LogP contribution in [0.15, 0.2) is 34.1 Å². The molecule has 112 valence electrons.